The molecule has 1 N–H and O–H groups in total. The van der Waals surface area contributed by atoms with Crippen molar-refractivity contribution in [1.82, 2.24) is 9.91 Å². The van der Waals surface area contributed by atoms with Crippen molar-refractivity contribution >= 4 is 5.71 Å². The third-order valence-corrected chi connectivity index (χ3v) is 6.44. The molecule has 1 saturated heterocycles. The number of methoxy groups -OCH3 is 1. The second kappa shape index (κ2) is 6.66. The fourth-order valence-corrected chi connectivity index (χ4v) is 4.77. The van der Waals surface area contributed by atoms with E-state index >= 15 is 0 Å². The van der Waals surface area contributed by atoms with Crippen LogP contribution in [0, 0.1) is 6.92 Å². The molecule has 29 heavy (non-hydrogen) atoms. The zero-order valence-electron chi connectivity index (χ0n) is 17.2. The highest BCUT2D eigenvalue weighted by molar-refractivity contribution is 6.04. The van der Waals surface area contributed by atoms with E-state index in [-0.39, 0.29) is 11.8 Å². The van der Waals surface area contributed by atoms with Crippen molar-refractivity contribution in [3.8, 4) is 17.2 Å². The summed E-state index contributed by atoms with van der Waals surface area (Å²) in [5.41, 5.74) is 3.44. The molecule has 5 rings (SSSR count). The highest BCUT2D eigenvalue weighted by Gasteiger charge is 2.52. The molecule has 1 fully saturated rings. The number of rotatable bonds is 2. The smallest absolute Gasteiger partial charge is 0.200 e. The van der Waals surface area contributed by atoms with Gasteiger partial charge in [0.1, 0.15) is 5.75 Å². The summed E-state index contributed by atoms with van der Waals surface area (Å²) in [7, 11) is 3.83. The second-order valence-electron chi connectivity index (χ2n) is 8.36. The number of aromatic hydroxyl groups is 1. The molecule has 0 aromatic heterocycles. The standard InChI is InChI=1S/C23H27N3O3/c1-15-7-8-20(27)17(13-15)18-14-19-16-5-4-6-21(28-3)22(16)29-23(26(19)24-18)9-11-25(2)12-10-23/h4-8,13,19,27H,9-12,14H2,1-3H3/t19-/m1/s1. The number of phenolic OH excluding ortho intramolecular Hbond substituents is 1. The third kappa shape index (κ3) is 2.85. The first kappa shape index (κ1) is 18.3. The average molecular weight is 393 g/mol. The lowest BCUT2D eigenvalue weighted by Gasteiger charge is -2.50. The van der Waals surface area contributed by atoms with Crippen molar-refractivity contribution in [3.63, 3.8) is 0 Å². The van der Waals surface area contributed by atoms with Crippen molar-refractivity contribution in [1.29, 1.82) is 0 Å². The fourth-order valence-electron chi connectivity index (χ4n) is 4.77. The Morgan fingerprint density at radius 1 is 1.21 bits per heavy atom. The van der Waals surface area contributed by atoms with Gasteiger partial charge in [0.25, 0.3) is 0 Å². The molecule has 0 bridgehead atoms. The molecule has 0 amide bonds. The Kier molecular flexibility index (Phi) is 4.21. The summed E-state index contributed by atoms with van der Waals surface area (Å²) in [5, 5.41) is 17.7. The van der Waals surface area contributed by atoms with Gasteiger partial charge in [-0.1, -0.05) is 23.8 Å². The number of nitrogens with zero attached hydrogens (tertiary/aromatic N) is 3. The lowest BCUT2D eigenvalue weighted by Crippen LogP contribution is -2.58. The molecule has 0 aliphatic carbocycles. The molecular formula is C23H27N3O3. The Labute approximate surface area is 171 Å². The van der Waals surface area contributed by atoms with Gasteiger partial charge in [0.15, 0.2) is 11.5 Å². The summed E-state index contributed by atoms with van der Waals surface area (Å²) in [5.74, 6) is 1.89. The number of phenols is 1. The Hall–Kier alpha value is -2.73. The number of hydrazone groups is 1. The van der Waals surface area contributed by atoms with E-state index in [2.05, 4.69) is 23.0 Å². The van der Waals surface area contributed by atoms with Crippen LogP contribution >= 0.6 is 0 Å². The molecule has 1 spiro atoms. The van der Waals surface area contributed by atoms with Crippen LogP contribution in [-0.2, 0) is 0 Å². The van der Waals surface area contributed by atoms with Gasteiger partial charge in [0.2, 0.25) is 5.72 Å². The molecule has 3 heterocycles. The van der Waals surface area contributed by atoms with E-state index in [0.29, 0.717) is 0 Å². The van der Waals surface area contributed by atoms with Crippen LogP contribution in [0.25, 0.3) is 0 Å². The highest BCUT2D eigenvalue weighted by atomic mass is 16.5. The van der Waals surface area contributed by atoms with Crippen LogP contribution in [0.5, 0.6) is 17.2 Å². The second-order valence-corrected chi connectivity index (χ2v) is 8.36. The molecule has 1 atom stereocenters. The van der Waals surface area contributed by atoms with Crippen molar-refractivity contribution in [2.24, 2.45) is 5.10 Å². The van der Waals surface area contributed by atoms with Crippen molar-refractivity contribution in [2.75, 3.05) is 27.2 Å². The maximum atomic E-state index is 10.5. The summed E-state index contributed by atoms with van der Waals surface area (Å²) in [6.45, 7) is 3.94. The minimum atomic E-state index is -0.486. The Balaban J connectivity index is 1.63. The van der Waals surface area contributed by atoms with Gasteiger partial charge in [-0.3, -0.25) is 0 Å². The number of piperidine rings is 1. The molecular weight excluding hydrogens is 366 g/mol. The number of likely N-dealkylation sites (tertiary alicyclic amines) is 1. The van der Waals surface area contributed by atoms with Gasteiger partial charge in [-0.05, 0) is 32.2 Å². The zero-order chi connectivity index (χ0) is 20.2. The number of hydrogen-bond donors (Lipinski definition) is 1. The van der Waals surface area contributed by atoms with E-state index in [4.69, 9.17) is 14.6 Å². The third-order valence-electron chi connectivity index (χ3n) is 6.44. The van der Waals surface area contributed by atoms with Gasteiger partial charge in [-0.2, -0.15) is 5.10 Å². The summed E-state index contributed by atoms with van der Waals surface area (Å²) in [6.07, 6.45) is 2.47. The number of fused-ring (bicyclic) bond motifs is 4. The monoisotopic (exact) mass is 393 g/mol. The number of ether oxygens (including phenoxy) is 2. The van der Waals surface area contributed by atoms with Crippen LogP contribution in [-0.4, -0.2) is 53.7 Å². The van der Waals surface area contributed by atoms with Crippen LogP contribution in [0.3, 0.4) is 0 Å². The average Bonchev–Trinajstić information content (AvgIpc) is 3.18. The normalized spacial score (nSPS) is 22.7. The van der Waals surface area contributed by atoms with E-state index < -0.39 is 5.72 Å². The van der Waals surface area contributed by atoms with Crippen LogP contribution in [0.1, 0.15) is 42.0 Å². The number of benzene rings is 2. The van der Waals surface area contributed by atoms with Gasteiger partial charge in [-0.15, -0.1) is 0 Å². The molecule has 6 heteroatoms. The van der Waals surface area contributed by atoms with E-state index in [1.807, 2.05) is 31.2 Å². The molecule has 2 aromatic rings. The predicted molar refractivity (Wildman–Crippen MR) is 112 cm³/mol. The molecule has 152 valence electrons. The van der Waals surface area contributed by atoms with E-state index in [0.717, 1.165) is 66.3 Å². The first-order valence-corrected chi connectivity index (χ1v) is 10.2. The summed E-state index contributed by atoms with van der Waals surface area (Å²) < 4.78 is 12.3. The maximum absolute atomic E-state index is 10.5. The summed E-state index contributed by atoms with van der Waals surface area (Å²) >= 11 is 0. The van der Waals surface area contributed by atoms with Crippen molar-refractivity contribution in [2.45, 2.75) is 38.0 Å². The van der Waals surface area contributed by atoms with Gasteiger partial charge >= 0.3 is 0 Å². The summed E-state index contributed by atoms with van der Waals surface area (Å²) in [4.78, 5) is 2.33. The summed E-state index contributed by atoms with van der Waals surface area (Å²) in [6, 6.07) is 11.8. The molecule has 6 nitrogen and oxygen atoms in total. The van der Waals surface area contributed by atoms with Crippen LogP contribution < -0.4 is 9.47 Å². The van der Waals surface area contributed by atoms with Gasteiger partial charge in [-0.25, -0.2) is 5.01 Å². The minimum Gasteiger partial charge on any atom is -0.507 e. The minimum absolute atomic E-state index is 0.0761. The molecule has 0 radical (unpaired) electrons. The fraction of sp³-hybridized carbons (Fsp3) is 0.435. The molecule has 3 aliphatic rings. The lowest BCUT2D eigenvalue weighted by atomic mass is 9.90. The first-order valence-electron chi connectivity index (χ1n) is 10.2. The van der Waals surface area contributed by atoms with E-state index in [9.17, 15) is 5.11 Å². The first-order chi connectivity index (χ1) is 14.0. The van der Waals surface area contributed by atoms with Gasteiger partial charge in [0.05, 0.1) is 18.9 Å². The maximum Gasteiger partial charge on any atom is 0.200 e. The molecule has 0 saturated carbocycles. The van der Waals surface area contributed by atoms with E-state index in [1.165, 1.54) is 0 Å². The van der Waals surface area contributed by atoms with E-state index in [1.54, 1.807) is 13.2 Å². The molecule has 2 aromatic carbocycles. The van der Waals surface area contributed by atoms with Crippen LogP contribution in [0.4, 0.5) is 0 Å². The Morgan fingerprint density at radius 2 is 2.00 bits per heavy atom. The van der Waals surface area contributed by atoms with Gasteiger partial charge < -0.3 is 19.5 Å². The zero-order valence-corrected chi connectivity index (χ0v) is 17.2. The number of aryl methyl sites for hydroxylation is 1. The predicted octanol–water partition coefficient (Wildman–Crippen LogP) is 3.67. The SMILES string of the molecule is COc1cccc2c1OC1(CCN(C)CC1)N1N=C(c3cc(C)ccc3O)C[C@H]21. The van der Waals surface area contributed by atoms with Crippen molar-refractivity contribution < 1.29 is 14.6 Å². The molecule has 3 aliphatic heterocycles. The largest absolute Gasteiger partial charge is 0.507 e. The Bertz CT molecular complexity index is 979. The van der Waals surface area contributed by atoms with Gasteiger partial charge in [0, 0.05) is 43.5 Å². The Morgan fingerprint density at radius 3 is 2.76 bits per heavy atom. The number of hydrogen-bond acceptors (Lipinski definition) is 6. The quantitative estimate of drug-likeness (QED) is 0.844. The van der Waals surface area contributed by atoms with Crippen molar-refractivity contribution in [3.05, 3.63) is 53.1 Å². The van der Waals surface area contributed by atoms with Crippen LogP contribution in [0.2, 0.25) is 0 Å². The lowest BCUT2D eigenvalue weighted by molar-refractivity contribution is -0.148. The number of para-hydroxylation sites is 1. The topological polar surface area (TPSA) is 57.5 Å². The van der Waals surface area contributed by atoms with Crippen LogP contribution in [0.15, 0.2) is 41.5 Å². The molecule has 0 unspecified atom stereocenters. The highest BCUT2D eigenvalue weighted by Crippen LogP contribution is 2.52.